The Morgan fingerprint density at radius 1 is 1.20 bits per heavy atom. The lowest BCUT2D eigenvalue weighted by Crippen LogP contribution is -2.27. The van der Waals surface area contributed by atoms with E-state index in [1.807, 2.05) is 36.9 Å². The summed E-state index contributed by atoms with van der Waals surface area (Å²) in [6, 6.07) is 6.23. The second-order valence-electron chi connectivity index (χ2n) is 8.34. The van der Waals surface area contributed by atoms with Crippen LogP contribution in [0.4, 0.5) is 11.6 Å². The first kappa shape index (κ1) is 20.3. The van der Waals surface area contributed by atoms with Crippen LogP contribution in [0.3, 0.4) is 0 Å². The summed E-state index contributed by atoms with van der Waals surface area (Å²) >= 11 is 0. The van der Waals surface area contributed by atoms with E-state index >= 15 is 0 Å². The minimum Gasteiger partial charge on any atom is -0.357 e. The first-order chi connectivity index (χ1) is 14.3. The standard InChI is InChI=1S/C22H29N7O/c1-13(2)27(6)20-9-15-16(18(25-20)10-23-5)11-28(22(15)30)19-8-7-17-21(26-19)29(12-24-17)14(3)4/h7-9,12-14,23H,10-11H2,1-6H3. The normalized spacial score (nSPS) is 13.7. The monoisotopic (exact) mass is 407 g/mol. The summed E-state index contributed by atoms with van der Waals surface area (Å²) in [6.45, 7) is 9.48. The van der Waals surface area contributed by atoms with Gasteiger partial charge in [0, 0.05) is 31.2 Å². The number of nitrogens with one attached hydrogen (secondary N) is 1. The van der Waals surface area contributed by atoms with E-state index in [0.717, 1.165) is 28.2 Å². The van der Waals surface area contributed by atoms with Crippen LogP contribution in [0.1, 0.15) is 55.4 Å². The van der Waals surface area contributed by atoms with Crippen LogP contribution in [0.15, 0.2) is 24.5 Å². The van der Waals surface area contributed by atoms with Gasteiger partial charge in [-0.15, -0.1) is 0 Å². The molecule has 0 spiro atoms. The molecule has 0 unspecified atom stereocenters. The van der Waals surface area contributed by atoms with Crippen LogP contribution >= 0.6 is 0 Å². The highest BCUT2D eigenvalue weighted by Crippen LogP contribution is 2.32. The molecule has 1 aliphatic rings. The fourth-order valence-electron chi connectivity index (χ4n) is 3.73. The molecule has 0 radical (unpaired) electrons. The Labute approximate surface area is 176 Å². The number of aromatic nitrogens is 4. The van der Waals surface area contributed by atoms with Gasteiger partial charge in [0.15, 0.2) is 5.65 Å². The molecule has 1 amide bonds. The van der Waals surface area contributed by atoms with Gasteiger partial charge in [0.1, 0.15) is 17.2 Å². The molecule has 3 aromatic heterocycles. The number of imidazole rings is 1. The van der Waals surface area contributed by atoms with Crippen LogP contribution in [0.25, 0.3) is 11.2 Å². The summed E-state index contributed by atoms with van der Waals surface area (Å²) in [5, 5.41) is 3.18. The van der Waals surface area contributed by atoms with Gasteiger partial charge < -0.3 is 14.8 Å². The Kier molecular flexibility index (Phi) is 5.19. The Morgan fingerprint density at radius 3 is 2.63 bits per heavy atom. The Morgan fingerprint density at radius 2 is 1.97 bits per heavy atom. The van der Waals surface area contributed by atoms with E-state index in [9.17, 15) is 4.79 Å². The number of hydrogen-bond acceptors (Lipinski definition) is 6. The van der Waals surface area contributed by atoms with Crippen LogP contribution in [0.5, 0.6) is 0 Å². The number of pyridine rings is 2. The van der Waals surface area contributed by atoms with Gasteiger partial charge in [-0.2, -0.15) is 0 Å². The second kappa shape index (κ2) is 7.68. The predicted molar refractivity (Wildman–Crippen MR) is 119 cm³/mol. The smallest absolute Gasteiger partial charge is 0.260 e. The second-order valence-corrected chi connectivity index (χ2v) is 8.34. The van der Waals surface area contributed by atoms with Gasteiger partial charge in [-0.1, -0.05) is 0 Å². The molecule has 30 heavy (non-hydrogen) atoms. The molecule has 158 valence electrons. The molecular formula is C22H29N7O. The number of anilines is 2. The molecule has 3 aromatic rings. The maximum atomic E-state index is 13.4. The molecule has 4 rings (SSSR count). The van der Waals surface area contributed by atoms with Crippen molar-refractivity contribution in [3.05, 3.63) is 41.3 Å². The number of rotatable bonds is 6. The van der Waals surface area contributed by atoms with Crippen molar-refractivity contribution in [1.82, 2.24) is 24.8 Å². The van der Waals surface area contributed by atoms with Gasteiger partial charge >= 0.3 is 0 Å². The molecule has 0 atom stereocenters. The number of fused-ring (bicyclic) bond motifs is 2. The molecule has 0 bridgehead atoms. The highest BCUT2D eigenvalue weighted by atomic mass is 16.2. The van der Waals surface area contributed by atoms with Crippen molar-refractivity contribution in [2.75, 3.05) is 23.9 Å². The molecule has 0 fully saturated rings. The summed E-state index contributed by atoms with van der Waals surface area (Å²) in [5.74, 6) is 1.41. The molecule has 8 nitrogen and oxygen atoms in total. The number of nitrogens with zero attached hydrogens (tertiary/aromatic N) is 6. The first-order valence-electron chi connectivity index (χ1n) is 10.4. The fourth-order valence-corrected chi connectivity index (χ4v) is 3.73. The Hall–Kier alpha value is -3.00. The average molecular weight is 408 g/mol. The van der Waals surface area contributed by atoms with Gasteiger partial charge in [-0.25, -0.2) is 15.0 Å². The van der Waals surface area contributed by atoms with Crippen LogP contribution in [0, 0.1) is 0 Å². The largest absolute Gasteiger partial charge is 0.357 e. The predicted octanol–water partition coefficient (Wildman–Crippen LogP) is 3.13. The van der Waals surface area contributed by atoms with Crippen molar-refractivity contribution in [3.63, 3.8) is 0 Å². The lowest BCUT2D eigenvalue weighted by atomic mass is 10.1. The van der Waals surface area contributed by atoms with Crippen molar-refractivity contribution >= 4 is 28.7 Å². The third kappa shape index (κ3) is 3.31. The van der Waals surface area contributed by atoms with Crippen molar-refractivity contribution in [3.8, 4) is 0 Å². The zero-order chi connectivity index (χ0) is 21.6. The summed E-state index contributed by atoms with van der Waals surface area (Å²) in [6.07, 6.45) is 1.80. The van der Waals surface area contributed by atoms with Crippen molar-refractivity contribution in [1.29, 1.82) is 0 Å². The van der Waals surface area contributed by atoms with Crippen molar-refractivity contribution in [2.45, 2.75) is 52.9 Å². The van der Waals surface area contributed by atoms with Crippen LogP contribution in [-0.2, 0) is 13.1 Å². The van der Waals surface area contributed by atoms with Gasteiger partial charge in [0.25, 0.3) is 5.91 Å². The molecule has 1 aliphatic heterocycles. The zero-order valence-corrected chi connectivity index (χ0v) is 18.5. The summed E-state index contributed by atoms with van der Waals surface area (Å²) in [4.78, 5) is 31.3. The van der Waals surface area contributed by atoms with Crippen LogP contribution in [-0.4, -0.2) is 45.6 Å². The summed E-state index contributed by atoms with van der Waals surface area (Å²) in [7, 11) is 3.90. The van der Waals surface area contributed by atoms with E-state index < -0.39 is 0 Å². The fraction of sp³-hybridized carbons (Fsp3) is 0.455. The van der Waals surface area contributed by atoms with E-state index in [-0.39, 0.29) is 18.0 Å². The third-order valence-electron chi connectivity index (χ3n) is 5.71. The number of carbonyl (C=O) groups is 1. The molecule has 0 saturated carbocycles. The first-order valence-corrected chi connectivity index (χ1v) is 10.4. The quantitative estimate of drug-likeness (QED) is 0.676. The molecule has 1 N–H and O–H groups in total. The lowest BCUT2D eigenvalue weighted by Gasteiger charge is -2.24. The minimum absolute atomic E-state index is 0.0365. The SMILES string of the molecule is CNCc1nc(N(C)C(C)C)cc2c1CN(c1ccc3ncn(C(C)C)c3n1)C2=O. The number of hydrogen-bond donors (Lipinski definition) is 1. The van der Waals surface area contributed by atoms with E-state index in [0.29, 0.717) is 24.5 Å². The third-order valence-corrected chi connectivity index (χ3v) is 5.71. The maximum absolute atomic E-state index is 13.4. The van der Waals surface area contributed by atoms with Crippen molar-refractivity contribution < 1.29 is 4.79 Å². The van der Waals surface area contributed by atoms with Crippen LogP contribution < -0.4 is 15.1 Å². The van der Waals surface area contributed by atoms with E-state index in [1.165, 1.54) is 0 Å². The average Bonchev–Trinajstić information content (AvgIpc) is 3.28. The Bertz CT molecular complexity index is 1100. The molecule has 0 saturated heterocycles. The molecule has 0 aromatic carbocycles. The molecular weight excluding hydrogens is 378 g/mol. The molecule has 0 aliphatic carbocycles. The number of amides is 1. The van der Waals surface area contributed by atoms with E-state index in [2.05, 4.69) is 42.9 Å². The summed E-state index contributed by atoms with van der Waals surface area (Å²) in [5.41, 5.74) is 4.20. The summed E-state index contributed by atoms with van der Waals surface area (Å²) < 4.78 is 2.02. The van der Waals surface area contributed by atoms with Gasteiger partial charge in [-0.3, -0.25) is 9.69 Å². The molecule has 4 heterocycles. The van der Waals surface area contributed by atoms with E-state index in [4.69, 9.17) is 9.97 Å². The molecule has 8 heteroatoms. The number of carbonyl (C=O) groups excluding carboxylic acids is 1. The van der Waals surface area contributed by atoms with Gasteiger partial charge in [-0.05, 0) is 52.9 Å². The van der Waals surface area contributed by atoms with Crippen LogP contribution in [0.2, 0.25) is 0 Å². The van der Waals surface area contributed by atoms with Crippen molar-refractivity contribution in [2.24, 2.45) is 0 Å². The van der Waals surface area contributed by atoms with Gasteiger partial charge in [0.05, 0.1) is 24.1 Å². The van der Waals surface area contributed by atoms with Gasteiger partial charge in [0.2, 0.25) is 0 Å². The maximum Gasteiger partial charge on any atom is 0.260 e. The topological polar surface area (TPSA) is 79.2 Å². The zero-order valence-electron chi connectivity index (χ0n) is 18.5. The highest BCUT2D eigenvalue weighted by molar-refractivity contribution is 6.10. The Balaban J connectivity index is 1.77. The highest BCUT2D eigenvalue weighted by Gasteiger charge is 2.33. The van der Waals surface area contributed by atoms with E-state index in [1.54, 1.807) is 11.2 Å². The lowest BCUT2D eigenvalue weighted by molar-refractivity contribution is 0.0996. The minimum atomic E-state index is -0.0365.